The van der Waals surface area contributed by atoms with Gasteiger partial charge >= 0.3 is 0 Å². The number of rotatable bonds is 7. The maximum absolute atomic E-state index is 3.53. The normalized spacial score (nSPS) is 24.2. The molecule has 0 saturated carbocycles. The Morgan fingerprint density at radius 3 is 2.76 bits per heavy atom. The van der Waals surface area contributed by atoms with Gasteiger partial charge in [-0.2, -0.15) is 11.8 Å². The van der Waals surface area contributed by atoms with Crippen LogP contribution in [0.4, 0.5) is 0 Å². The van der Waals surface area contributed by atoms with Crippen molar-refractivity contribution in [2.24, 2.45) is 5.92 Å². The van der Waals surface area contributed by atoms with Crippen molar-refractivity contribution >= 4 is 11.8 Å². The Morgan fingerprint density at radius 1 is 1.35 bits per heavy atom. The molecule has 1 rings (SSSR count). The van der Waals surface area contributed by atoms with Gasteiger partial charge in [-0.3, -0.25) is 4.90 Å². The molecule has 102 valence electrons. The maximum Gasteiger partial charge on any atom is 0.0147 e. The molecule has 0 aromatic rings. The van der Waals surface area contributed by atoms with Crippen molar-refractivity contribution in [1.82, 2.24) is 10.2 Å². The van der Waals surface area contributed by atoms with Crippen molar-refractivity contribution in [3.63, 3.8) is 0 Å². The lowest BCUT2D eigenvalue weighted by molar-refractivity contribution is 0.206. The van der Waals surface area contributed by atoms with E-state index >= 15 is 0 Å². The van der Waals surface area contributed by atoms with Crippen LogP contribution in [-0.2, 0) is 0 Å². The smallest absolute Gasteiger partial charge is 0.0147 e. The van der Waals surface area contributed by atoms with Crippen LogP contribution < -0.4 is 5.32 Å². The van der Waals surface area contributed by atoms with E-state index in [0.717, 1.165) is 23.8 Å². The van der Waals surface area contributed by atoms with Crippen LogP contribution in [0.25, 0.3) is 0 Å². The Morgan fingerprint density at radius 2 is 2.12 bits per heavy atom. The molecule has 1 heterocycles. The third kappa shape index (κ3) is 6.68. The highest BCUT2D eigenvalue weighted by Gasteiger charge is 2.20. The van der Waals surface area contributed by atoms with Gasteiger partial charge in [0.2, 0.25) is 0 Å². The standard InChI is InChI=1S/C14H30N2S/c1-12(2)10-15-7-5-6-13(3)16-8-9-17-14(4)11-16/h12-15H,5-11H2,1-4H3. The molecule has 0 bridgehead atoms. The van der Waals surface area contributed by atoms with Crippen molar-refractivity contribution in [2.75, 3.05) is 31.9 Å². The van der Waals surface area contributed by atoms with Gasteiger partial charge in [0, 0.05) is 30.1 Å². The molecule has 0 amide bonds. The van der Waals surface area contributed by atoms with E-state index in [4.69, 9.17) is 0 Å². The first-order valence-electron chi connectivity index (χ1n) is 7.16. The summed E-state index contributed by atoms with van der Waals surface area (Å²) in [5.41, 5.74) is 0. The fraction of sp³-hybridized carbons (Fsp3) is 1.00. The highest BCUT2D eigenvalue weighted by molar-refractivity contribution is 7.99. The summed E-state index contributed by atoms with van der Waals surface area (Å²) in [4.78, 5) is 2.67. The van der Waals surface area contributed by atoms with Crippen LogP contribution in [-0.4, -0.2) is 48.1 Å². The van der Waals surface area contributed by atoms with Crippen molar-refractivity contribution < 1.29 is 0 Å². The molecule has 1 aliphatic heterocycles. The summed E-state index contributed by atoms with van der Waals surface area (Å²) in [6.45, 7) is 14.2. The zero-order chi connectivity index (χ0) is 12.7. The second-order valence-corrected chi connectivity index (χ2v) is 7.31. The number of hydrogen-bond donors (Lipinski definition) is 1. The van der Waals surface area contributed by atoms with Gasteiger partial charge in [0.1, 0.15) is 0 Å². The van der Waals surface area contributed by atoms with Gasteiger partial charge < -0.3 is 5.32 Å². The molecule has 2 unspecified atom stereocenters. The number of nitrogens with one attached hydrogen (secondary N) is 1. The quantitative estimate of drug-likeness (QED) is 0.707. The lowest BCUT2D eigenvalue weighted by Gasteiger charge is -2.35. The fourth-order valence-corrected chi connectivity index (χ4v) is 3.38. The number of hydrogen-bond acceptors (Lipinski definition) is 3. The largest absolute Gasteiger partial charge is 0.316 e. The van der Waals surface area contributed by atoms with Gasteiger partial charge in [-0.25, -0.2) is 0 Å². The average molecular weight is 258 g/mol. The topological polar surface area (TPSA) is 15.3 Å². The summed E-state index contributed by atoms with van der Waals surface area (Å²) in [5, 5.41) is 4.35. The van der Waals surface area contributed by atoms with E-state index in [2.05, 4.69) is 49.7 Å². The predicted molar refractivity (Wildman–Crippen MR) is 79.9 cm³/mol. The first-order chi connectivity index (χ1) is 8.09. The molecular formula is C14H30N2S. The molecule has 0 aromatic heterocycles. The average Bonchev–Trinajstić information content (AvgIpc) is 2.28. The van der Waals surface area contributed by atoms with Crippen molar-refractivity contribution in [3.05, 3.63) is 0 Å². The summed E-state index contributed by atoms with van der Waals surface area (Å²) >= 11 is 2.12. The second kappa shape index (κ2) is 8.39. The minimum atomic E-state index is 0.763. The number of nitrogens with zero attached hydrogens (tertiary/aromatic N) is 1. The van der Waals surface area contributed by atoms with E-state index in [-0.39, 0.29) is 0 Å². The van der Waals surface area contributed by atoms with Crippen molar-refractivity contribution in [3.8, 4) is 0 Å². The summed E-state index contributed by atoms with van der Waals surface area (Å²) < 4.78 is 0. The van der Waals surface area contributed by atoms with Crippen LogP contribution in [0.15, 0.2) is 0 Å². The first kappa shape index (κ1) is 15.3. The van der Waals surface area contributed by atoms with Crippen LogP contribution in [0.1, 0.15) is 40.5 Å². The molecular weight excluding hydrogens is 228 g/mol. The fourth-order valence-electron chi connectivity index (χ4n) is 2.34. The summed E-state index contributed by atoms with van der Waals surface area (Å²) in [5.74, 6) is 2.09. The first-order valence-corrected chi connectivity index (χ1v) is 8.21. The van der Waals surface area contributed by atoms with E-state index in [1.807, 2.05) is 0 Å². The van der Waals surface area contributed by atoms with Crippen LogP contribution >= 0.6 is 11.8 Å². The molecule has 2 nitrogen and oxygen atoms in total. The molecule has 0 spiro atoms. The minimum Gasteiger partial charge on any atom is -0.316 e. The van der Waals surface area contributed by atoms with E-state index < -0.39 is 0 Å². The van der Waals surface area contributed by atoms with Crippen LogP contribution in [0.2, 0.25) is 0 Å². The second-order valence-electron chi connectivity index (χ2n) is 5.77. The van der Waals surface area contributed by atoms with E-state index in [0.29, 0.717) is 0 Å². The molecule has 1 N–H and O–H groups in total. The lowest BCUT2D eigenvalue weighted by atomic mass is 10.1. The molecule has 0 aromatic carbocycles. The summed E-state index contributed by atoms with van der Waals surface area (Å²) in [7, 11) is 0. The molecule has 1 saturated heterocycles. The predicted octanol–water partition coefficient (Wildman–Crippen LogP) is 2.84. The molecule has 1 aliphatic rings. The van der Waals surface area contributed by atoms with Gasteiger partial charge in [-0.15, -0.1) is 0 Å². The Hall–Kier alpha value is 0.270. The maximum atomic E-state index is 3.53. The van der Waals surface area contributed by atoms with Crippen LogP contribution in [0, 0.1) is 5.92 Å². The summed E-state index contributed by atoms with van der Waals surface area (Å²) in [6, 6.07) is 0.763. The Kier molecular flexibility index (Phi) is 7.56. The van der Waals surface area contributed by atoms with E-state index in [1.54, 1.807) is 0 Å². The molecule has 1 fully saturated rings. The SMILES string of the molecule is CC(C)CNCCCC(C)N1CCSC(C)C1. The Bertz CT molecular complexity index is 197. The van der Waals surface area contributed by atoms with E-state index in [9.17, 15) is 0 Å². The van der Waals surface area contributed by atoms with Gasteiger partial charge in [-0.1, -0.05) is 20.8 Å². The summed E-state index contributed by atoms with van der Waals surface area (Å²) in [6.07, 6.45) is 2.65. The third-order valence-corrected chi connectivity index (χ3v) is 4.56. The zero-order valence-electron chi connectivity index (χ0n) is 12.0. The monoisotopic (exact) mass is 258 g/mol. The van der Waals surface area contributed by atoms with Crippen LogP contribution in [0.5, 0.6) is 0 Å². The van der Waals surface area contributed by atoms with Crippen molar-refractivity contribution in [1.29, 1.82) is 0 Å². The molecule has 17 heavy (non-hydrogen) atoms. The van der Waals surface area contributed by atoms with Gasteiger partial charge in [-0.05, 0) is 38.8 Å². The highest BCUT2D eigenvalue weighted by atomic mass is 32.2. The van der Waals surface area contributed by atoms with Gasteiger partial charge in [0.25, 0.3) is 0 Å². The van der Waals surface area contributed by atoms with Crippen molar-refractivity contribution in [2.45, 2.75) is 51.8 Å². The molecule has 0 radical (unpaired) electrons. The Labute approximate surface area is 112 Å². The third-order valence-electron chi connectivity index (χ3n) is 3.42. The highest BCUT2D eigenvalue weighted by Crippen LogP contribution is 2.20. The van der Waals surface area contributed by atoms with Gasteiger partial charge in [0.15, 0.2) is 0 Å². The number of thioether (sulfide) groups is 1. The lowest BCUT2D eigenvalue weighted by Crippen LogP contribution is -2.42. The Balaban J connectivity index is 2.05. The molecule has 2 atom stereocenters. The minimum absolute atomic E-state index is 0.763. The molecule has 3 heteroatoms. The molecule has 0 aliphatic carbocycles. The zero-order valence-corrected chi connectivity index (χ0v) is 12.9. The van der Waals surface area contributed by atoms with Gasteiger partial charge in [0.05, 0.1) is 0 Å². The van der Waals surface area contributed by atoms with E-state index in [1.165, 1.54) is 38.2 Å². The van der Waals surface area contributed by atoms with Crippen LogP contribution in [0.3, 0.4) is 0 Å².